The predicted molar refractivity (Wildman–Crippen MR) is 98.3 cm³/mol. The molecule has 0 radical (unpaired) electrons. The van der Waals surface area contributed by atoms with E-state index in [1.54, 1.807) is 18.2 Å². The summed E-state index contributed by atoms with van der Waals surface area (Å²) in [5, 5.41) is 13.4. The molecule has 1 aromatic heterocycles. The van der Waals surface area contributed by atoms with Crippen LogP contribution in [0.25, 0.3) is 17.0 Å². The maximum atomic E-state index is 12.0. The van der Waals surface area contributed by atoms with E-state index in [2.05, 4.69) is 10.3 Å². The van der Waals surface area contributed by atoms with Crippen LogP contribution in [0.2, 0.25) is 0 Å². The van der Waals surface area contributed by atoms with Gasteiger partial charge in [-0.2, -0.15) is 0 Å². The number of ether oxygens (including phenoxy) is 2. The van der Waals surface area contributed by atoms with Gasteiger partial charge in [0.2, 0.25) is 12.7 Å². The molecule has 2 heterocycles. The Morgan fingerprint density at radius 1 is 1.19 bits per heavy atom. The zero-order valence-electron chi connectivity index (χ0n) is 14.0. The Hall–Kier alpha value is -3.41. The van der Waals surface area contributed by atoms with E-state index < -0.39 is 0 Å². The number of phenols is 1. The van der Waals surface area contributed by atoms with Crippen LogP contribution in [-0.4, -0.2) is 29.3 Å². The van der Waals surface area contributed by atoms with Gasteiger partial charge in [0.15, 0.2) is 11.5 Å². The number of nitrogens with one attached hydrogen (secondary N) is 2. The summed E-state index contributed by atoms with van der Waals surface area (Å²) in [6.07, 6.45) is 5.81. The van der Waals surface area contributed by atoms with Crippen LogP contribution in [0, 0.1) is 0 Å². The number of carbonyl (C=O) groups excluding carboxylic acids is 1. The lowest BCUT2D eigenvalue weighted by molar-refractivity contribution is -0.116. The first-order chi connectivity index (χ1) is 12.7. The molecule has 26 heavy (non-hydrogen) atoms. The highest BCUT2D eigenvalue weighted by atomic mass is 16.7. The standard InChI is InChI=1S/C20H18N2O4/c23-15-3-4-17-16(10-15)14(11-22-17)7-8-21-20(24)6-2-13-1-5-18-19(9-13)26-12-25-18/h1-6,9-11,22-23H,7-8,12H2,(H,21,24)/b6-2+. The number of phenolic OH excluding ortho intramolecular Hbond substituents is 1. The molecule has 1 aliphatic heterocycles. The summed E-state index contributed by atoms with van der Waals surface area (Å²) < 4.78 is 10.6. The van der Waals surface area contributed by atoms with Crippen LogP contribution >= 0.6 is 0 Å². The number of aromatic nitrogens is 1. The van der Waals surface area contributed by atoms with Gasteiger partial charge in [0.25, 0.3) is 0 Å². The normalized spacial score (nSPS) is 12.8. The maximum absolute atomic E-state index is 12.0. The van der Waals surface area contributed by atoms with Crippen LogP contribution in [-0.2, 0) is 11.2 Å². The molecule has 3 aromatic rings. The van der Waals surface area contributed by atoms with Crippen LogP contribution in [0.15, 0.2) is 48.7 Å². The van der Waals surface area contributed by atoms with E-state index in [1.807, 2.05) is 30.5 Å². The highest BCUT2D eigenvalue weighted by Gasteiger charge is 2.12. The molecule has 6 nitrogen and oxygen atoms in total. The average Bonchev–Trinajstić information content (AvgIpc) is 3.26. The molecular weight excluding hydrogens is 332 g/mol. The predicted octanol–water partition coefficient (Wildman–Crippen LogP) is 2.97. The molecule has 0 aliphatic carbocycles. The van der Waals surface area contributed by atoms with Crippen molar-refractivity contribution in [2.24, 2.45) is 0 Å². The number of fused-ring (bicyclic) bond motifs is 2. The Bertz CT molecular complexity index is 991. The van der Waals surface area contributed by atoms with Crippen LogP contribution in [0.1, 0.15) is 11.1 Å². The molecule has 0 unspecified atom stereocenters. The first-order valence-electron chi connectivity index (χ1n) is 8.33. The van der Waals surface area contributed by atoms with E-state index in [9.17, 15) is 9.90 Å². The van der Waals surface area contributed by atoms with Crippen LogP contribution < -0.4 is 14.8 Å². The van der Waals surface area contributed by atoms with Crippen molar-refractivity contribution in [2.75, 3.05) is 13.3 Å². The summed E-state index contributed by atoms with van der Waals surface area (Å²) in [4.78, 5) is 15.2. The molecule has 3 N–H and O–H groups in total. The first kappa shape index (κ1) is 16.1. The Morgan fingerprint density at radius 3 is 3.00 bits per heavy atom. The lowest BCUT2D eigenvalue weighted by atomic mass is 10.1. The van der Waals surface area contributed by atoms with Gasteiger partial charge in [-0.3, -0.25) is 4.79 Å². The SMILES string of the molecule is O=C(/C=C/c1ccc2c(c1)OCO2)NCCc1c[nH]c2ccc(O)cc12. The quantitative estimate of drug-likeness (QED) is 0.618. The number of hydrogen-bond donors (Lipinski definition) is 3. The average molecular weight is 350 g/mol. The second-order valence-electron chi connectivity index (χ2n) is 6.03. The topological polar surface area (TPSA) is 83.6 Å². The minimum absolute atomic E-state index is 0.162. The third kappa shape index (κ3) is 3.35. The zero-order valence-corrected chi connectivity index (χ0v) is 14.0. The highest BCUT2D eigenvalue weighted by molar-refractivity contribution is 5.92. The van der Waals surface area contributed by atoms with Crippen molar-refractivity contribution in [3.63, 3.8) is 0 Å². The highest BCUT2D eigenvalue weighted by Crippen LogP contribution is 2.32. The van der Waals surface area contributed by atoms with Gasteiger partial charge >= 0.3 is 0 Å². The molecular formula is C20H18N2O4. The van der Waals surface area contributed by atoms with E-state index in [-0.39, 0.29) is 18.4 Å². The minimum atomic E-state index is -0.162. The van der Waals surface area contributed by atoms with Gasteiger partial charge in [-0.05, 0) is 54.0 Å². The van der Waals surface area contributed by atoms with Crippen LogP contribution in [0.5, 0.6) is 17.2 Å². The van der Waals surface area contributed by atoms with Crippen LogP contribution in [0.4, 0.5) is 0 Å². The van der Waals surface area contributed by atoms with Crippen molar-refractivity contribution in [3.8, 4) is 17.2 Å². The molecule has 0 saturated carbocycles. The van der Waals surface area contributed by atoms with Crippen molar-refractivity contribution < 1.29 is 19.4 Å². The van der Waals surface area contributed by atoms with Crippen molar-refractivity contribution in [2.45, 2.75) is 6.42 Å². The second kappa shape index (κ2) is 6.84. The molecule has 0 spiro atoms. The van der Waals surface area contributed by atoms with Gasteiger partial charge in [0.1, 0.15) is 5.75 Å². The Kier molecular flexibility index (Phi) is 4.23. The van der Waals surface area contributed by atoms with Gasteiger partial charge < -0.3 is 24.9 Å². The fraction of sp³-hybridized carbons (Fsp3) is 0.150. The molecule has 0 atom stereocenters. The first-order valence-corrected chi connectivity index (χ1v) is 8.33. The number of amides is 1. The van der Waals surface area contributed by atoms with Crippen molar-refractivity contribution in [1.82, 2.24) is 10.3 Å². The van der Waals surface area contributed by atoms with Gasteiger partial charge in [-0.1, -0.05) is 6.07 Å². The lowest BCUT2D eigenvalue weighted by Crippen LogP contribution is -2.23. The van der Waals surface area contributed by atoms with Gasteiger partial charge in [-0.15, -0.1) is 0 Å². The molecule has 1 amide bonds. The summed E-state index contributed by atoms with van der Waals surface area (Å²) in [6.45, 7) is 0.738. The molecule has 6 heteroatoms. The van der Waals surface area contributed by atoms with E-state index in [0.717, 1.165) is 27.8 Å². The third-order valence-electron chi connectivity index (χ3n) is 4.27. The number of rotatable bonds is 5. The fourth-order valence-electron chi connectivity index (χ4n) is 2.94. The number of aromatic amines is 1. The summed E-state index contributed by atoms with van der Waals surface area (Å²) in [5.74, 6) is 1.48. The third-order valence-corrected chi connectivity index (χ3v) is 4.27. The number of carbonyl (C=O) groups is 1. The monoisotopic (exact) mass is 350 g/mol. The van der Waals surface area contributed by atoms with Crippen molar-refractivity contribution in [1.29, 1.82) is 0 Å². The smallest absolute Gasteiger partial charge is 0.244 e. The molecule has 4 rings (SSSR count). The molecule has 0 saturated heterocycles. The number of hydrogen-bond acceptors (Lipinski definition) is 4. The van der Waals surface area contributed by atoms with Gasteiger partial charge in [-0.25, -0.2) is 0 Å². The van der Waals surface area contributed by atoms with Crippen molar-refractivity contribution in [3.05, 3.63) is 59.8 Å². The van der Waals surface area contributed by atoms with E-state index in [1.165, 1.54) is 6.08 Å². The summed E-state index contributed by atoms with van der Waals surface area (Å²) in [6, 6.07) is 10.7. The van der Waals surface area contributed by atoms with Crippen molar-refractivity contribution >= 4 is 22.9 Å². The molecule has 0 bridgehead atoms. The van der Waals surface area contributed by atoms with Crippen LogP contribution in [0.3, 0.4) is 0 Å². The van der Waals surface area contributed by atoms with Gasteiger partial charge in [0.05, 0.1) is 0 Å². The van der Waals surface area contributed by atoms with E-state index in [0.29, 0.717) is 18.7 Å². The minimum Gasteiger partial charge on any atom is -0.508 e. The maximum Gasteiger partial charge on any atom is 0.244 e. The number of aromatic hydroxyl groups is 1. The second-order valence-corrected chi connectivity index (χ2v) is 6.03. The summed E-state index contributed by atoms with van der Waals surface area (Å²) in [7, 11) is 0. The fourth-order valence-corrected chi connectivity index (χ4v) is 2.94. The number of H-pyrrole nitrogens is 1. The molecule has 0 fully saturated rings. The Balaban J connectivity index is 1.33. The van der Waals surface area contributed by atoms with Gasteiger partial charge in [0, 0.05) is 29.7 Å². The summed E-state index contributed by atoms with van der Waals surface area (Å²) >= 11 is 0. The van der Waals surface area contributed by atoms with E-state index >= 15 is 0 Å². The number of benzene rings is 2. The Morgan fingerprint density at radius 2 is 2.08 bits per heavy atom. The Labute approximate surface area is 150 Å². The zero-order chi connectivity index (χ0) is 17.9. The lowest BCUT2D eigenvalue weighted by Gasteiger charge is -2.02. The molecule has 132 valence electrons. The molecule has 2 aromatic carbocycles. The molecule has 1 aliphatic rings. The largest absolute Gasteiger partial charge is 0.508 e. The van der Waals surface area contributed by atoms with E-state index in [4.69, 9.17) is 9.47 Å². The summed E-state index contributed by atoms with van der Waals surface area (Å²) in [5.41, 5.74) is 2.89.